The molecule has 0 bridgehead atoms. The average Bonchev–Trinajstić information content (AvgIpc) is 2.48. The number of hydrogen-bond donors (Lipinski definition) is 7. The molecule has 0 aromatic rings. The minimum absolute atomic E-state index is 0.833. The molecule has 16 nitrogen and oxygen atoms in total. The van der Waals surface area contributed by atoms with Gasteiger partial charge in [0.05, 0.1) is 26.4 Å². The van der Waals surface area contributed by atoms with E-state index >= 15 is 0 Å². The van der Waals surface area contributed by atoms with Crippen LogP contribution in [-0.2, 0) is 41.5 Å². The molecular formula is C9H21O16P3. The summed E-state index contributed by atoms with van der Waals surface area (Å²) in [6, 6.07) is 0. The van der Waals surface area contributed by atoms with Crippen LogP contribution < -0.4 is 0 Å². The summed E-state index contributed by atoms with van der Waals surface area (Å²) in [6.07, 6.45) is -5.00. The Morgan fingerprint density at radius 3 is 1.64 bits per heavy atom. The van der Waals surface area contributed by atoms with E-state index in [-0.39, 0.29) is 0 Å². The molecule has 0 aromatic carbocycles. The van der Waals surface area contributed by atoms with Crippen molar-refractivity contribution in [2.24, 2.45) is 0 Å². The van der Waals surface area contributed by atoms with Gasteiger partial charge in [0.2, 0.25) is 6.29 Å². The maximum absolute atomic E-state index is 11.5. The van der Waals surface area contributed by atoms with E-state index in [9.17, 15) is 18.5 Å². The lowest BCUT2D eigenvalue weighted by Gasteiger charge is -2.24. The van der Waals surface area contributed by atoms with Crippen molar-refractivity contribution in [1.82, 2.24) is 0 Å². The molecule has 0 heterocycles. The Kier molecular flexibility index (Phi) is 11.9. The van der Waals surface area contributed by atoms with Crippen molar-refractivity contribution in [3.8, 4) is 0 Å². The third-order valence-electron chi connectivity index (χ3n) is 2.43. The largest absolute Gasteiger partial charge is 0.470 e. The van der Waals surface area contributed by atoms with E-state index in [0.717, 1.165) is 6.92 Å². The normalized spacial score (nSPS) is 16.6. The van der Waals surface area contributed by atoms with Crippen molar-refractivity contribution in [2.45, 2.75) is 25.4 Å². The molecule has 0 fully saturated rings. The Bertz CT molecular complexity index is 619. The maximum Gasteiger partial charge on any atom is 0.470 e. The number of ketones is 1. The summed E-state index contributed by atoms with van der Waals surface area (Å²) < 4.78 is 54.5. The number of phosphoric ester groups is 3. The standard InChI is InChI=1S/C9H21O16P3/c1-6(11)9(24-7(2-10)4-22-26(12,13)14)21-3-8(25-28(18,19)20)5-23-27(15,16)17/h7-10H,2-5H2,1H3,(H2,12,13,14)(H2,15,16,17)(H2,18,19,20). The van der Waals surface area contributed by atoms with Gasteiger partial charge in [-0.15, -0.1) is 0 Å². The molecule has 0 radical (unpaired) electrons. The Labute approximate surface area is 158 Å². The molecule has 0 aliphatic rings. The van der Waals surface area contributed by atoms with Crippen molar-refractivity contribution < 1.29 is 76.0 Å². The van der Waals surface area contributed by atoms with Gasteiger partial charge in [0.1, 0.15) is 12.2 Å². The molecule has 3 atom stereocenters. The summed E-state index contributed by atoms with van der Waals surface area (Å²) in [7, 11) is -15.0. The number of phosphoric acid groups is 3. The molecule has 7 N–H and O–H groups in total. The van der Waals surface area contributed by atoms with Gasteiger partial charge >= 0.3 is 23.5 Å². The van der Waals surface area contributed by atoms with Crippen molar-refractivity contribution >= 4 is 29.3 Å². The zero-order chi connectivity index (χ0) is 22.2. The van der Waals surface area contributed by atoms with Gasteiger partial charge in [-0.05, 0) is 6.92 Å². The summed E-state index contributed by atoms with van der Waals surface area (Å²) in [6.45, 7) is -2.64. The van der Waals surface area contributed by atoms with Gasteiger partial charge in [-0.2, -0.15) is 0 Å². The number of ether oxygens (including phenoxy) is 2. The van der Waals surface area contributed by atoms with Crippen LogP contribution in [0.2, 0.25) is 0 Å². The second-order valence-corrected chi connectivity index (χ2v) is 8.68. The van der Waals surface area contributed by atoms with E-state index < -0.39 is 74.2 Å². The zero-order valence-electron chi connectivity index (χ0n) is 14.2. The molecule has 0 saturated heterocycles. The highest BCUT2D eigenvalue weighted by Gasteiger charge is 2.29. The smallest absolute Gasteiger partial charge is 0.394 e. The van der Waals surface area contributed by atoms with E-state index in [1.807, 2.05) is 0 Å². The van der Waals surface area contributed by atoms with Crippen LogP contribution >= 0.6 is 23.5 Å². The monoisotopic (exact) mass is 478 g/mol. The number of aliphatic hydroxyl groups excluding tert-OH is 1. The van der Waals surface area contributed by atoms with Gasteiger partial charge in [0, 0.05) is 0 Å². The van der Waals surface area contributed by atoms with E-state index in [2.05, 4.69) is 13.6 Å². The molecule has 0 aliphatic carbocycles. The molecular weight excluding hydrogens is 457 g/mol. The SMILES string of the molecule is CC(=O)C(OCC(COP(=O)(O)O)OP(=O)(O)O)OC(CO)COP(=O)(O)O. The van der Waals surface area contributed by atoms with Crippen LogP contribution in [0.3, 0.4) is 0 Å². The van der Waals surface area contributed by atoms with Crippen molar-refractivity contribution in [3.05, 3.63) is 0 Å². The average molecular weight is 478 g/mol. The number of carbonyl (C=O) groups excluding carboxylic acids is 1. The van der Waals surface area contributed by atoms with Crippen molar-refractivity contribution in [3.63, 3.8) is 0 Å². The Balaban J connectivity index is 4.95. The molecule has 19 heteroatoms. The van der Waals surface area contributed by atoms with Crippen LogP contribution in [0.25, 0.3) is 0 Å². The molecule has 0 saturated carbocycles. The minimum Gasteiger partial charge on any atom is -0.394 e. The first-order chi connectivity index (χ1) is 12.5. The first kappa shape index (κ1) is 27.9. The van der Waals surface area contributed by atoms with Crippen LogP contribution in [0, 0.1) is 0 Å². The molecule has 0 aliphatic heterocycles. The van der Waals surface area contributed by atoms with Gasteiger partial charge in [0.25, 0.3) is 0 Å². The third-order valence-corrected chi connectivity index (χ3v) is 3.97. The van der Waals surface area contributed by atoms with Gasteiger partial charge in [-0.1, -0.05) is 0 Å². The van der Waals surface area contributed by atoms with E-state index in [0.29, 0.717) is 0 Å². The Morgan fingerprint density at radius 1 is 0.821 bits per heavy atom. The van der Waals surface area contributed by atoms with Gasteiger partial charge in [0.15, 0.2) is 5.78 Å². The predicted molar refractivity (Wildman–Crippen MR) is 85.3 cm³/mol. The highest BCUT2D eigenvalue weighted by Crippen LogP contribution is 2.40. The lowest BCUT2D eigenvalue weighted by atomic mass is 10.3. The van der Waals surface area contributed by atoms with Crippen molar-refractivity contribution in [1.29, 1.82) is 0 Å². The molecule has 28 heavy (non-hydrogen) atoms. The lowest BCUT2D eigenvalue weighted by Crippen LogP contribution is -2.37. The Morgan fingerprint density at radius 2 is 1.29 bits per heavy atom. The number of rotatable bonds is 15. The second-order valence-electron chi connectivity index (χ2n) is 5.01. The summed E-state index contributed by atoms with van der Waals surface area (Å²) >= 11 is 0. The zero-order valence-corrected chi connectivity index (χ0v) is 16.9. The van der Waals surface area contributed by atoms with E-state index in [1.165, 1.54) is 0 Å². The summed E-state index contributed by atoms with van der Waals surface area (Å²) in [5, 5.41) is 9.10. The lowest BCUT2D eigenvalue weighted by molar-refractivity contribution is -0.197. The number of aliphatic hydroxyl groups is 1. The second kappa shape index (κ2) is 11.9. The van der Waals surface area contributed by atoms with E-state index in [4.69, 9.17) is 43.9 Å². The van der Waals surface area contributed by atoms with Gasteiger partial charge < -0.3 is 43.9 Å². The summed E-state index contributed by atoms with van der Waals surface area (Å²) in [5.74, 6) is -0.833. The summed E-state index contributed by atoms with van der Waals surface area (Å²) in [5.41, 5.74) is 0. The highest BCUT2D eigenvalue weighted by atomic mass is 31.2. The van der Waals surface area contributed by atoms with Gasteiger partial charge in [-0.25, -0.2) is 13.7 Å². The van der Waals surface area contributed by atoms with Crippen LogP contribution in [0.15, 0.2) is 0 Å². The molecule has 0 spiro atoms. The molecule has 0 amide bonds. The van der Waals surface area contributed by atoms with Crippen LogP contribution in [0.5, 0.6) is 0 Å². The minimum atomic E-state index is -5.14. The third kappa shape index (κ3) is 15.8. The van der Waals surface area contributed by atoms with E-state index in [1.54, 1.807) is 0 Å². The highest BCUT2D eigenvalue weighted by molar-refractivity contribution is 7.46. The fourth-order valence-corrected chi connectivity index (χ4v) is 2.65. The number of Topliss-reactive ketones (excluding diaryl/α,β-unsaturated/α-hetero) is 1. The molecule has 0 aromatic heterocycles. The first-order valence-corrected chi connectivity index (χ1v) is 11.6. The quantitative estimate of drug-likeness (QED) is 0.0991. The predicted octanol–water partition coefficient (Wildman–Crippen LogP) is -2.01. The Hall–Kier alpha value is -0.120. The van der Waals surface area contributed by atoms with Crippen LogP contribution in [0.4, 0.5) is 0 Å². The van der Waals surface area contributed by atoms with Crippen LogP contribution in [0.1, 0.15) is 6.92 Å². The maximum atomic E-state index is 11.5. The first-order valence-electron chi connectivity index (χ1n) is 7.05. The fourth-order valence-electron chi connectivity index (χ4n) is 1.42. The number of hydrogen-bond acceptors (Lipinski definition) is 10. The molecule has 168 valence electrons. The van der Waals surface area contributed by atoms with Crippen LogP contribution in [-0.4, -0.2) is 85.2 Å². The number of carbonyl (C=O) groups is 1. The molecule has 3 unspecified atom stereocenters. The van der Waals surface area contributed by atoms with Gasteiger partial charge in [-0.3, -0.25) is 18.4 Å². The topological polar surface area (TPSA) is 256 Å². The summed E-state index contributed by atoms with van der Waals surface area (Å²) in [4.78, 5) is 63.5. The fraction of sp³-hybridized carbons (Fsp3) is 0.889. The molecule has 0 rings (SSSR count). The van der Waals surface area contributed by atoms with Crippen molar-refractivity contribution in [2.75, 3.05) is 26.4 Å².